The smallest absolute Gasteiger partial charge is 0.317 e. The molecule has 2 aromatic rings. The summed E-state index contributed by atoms with van der Waals surface area (Å²) in [6, 6.07) is 11.3. The number of hydrogen-bond acceptors (Lipinski definition) is 4. The largest absolute Gasteiger partial charge is 0.332 e. The van der Waals surface area contributed by atoms with E-state index in [2.05, 4.69) is 15.2 Å². The van der Waals surface area contributed by atoms with E-state index in [1.807, 2.05) is 32.2 Å². The number of aryl methyl sites for hydroxylation is 1. The molecular formula is C23H29FN4O2. The van der Waals surface area contributed by atoms with Crippen LogP contribution in [0.2, 0.25) is 0 Å². The van der Waals surface area contributed by atoms with Gasteiger partial charge in [-0.3, -0.25) is 14.7 Å². The predicted octanol–water partition coefficient (Wildman–Crippen LogP) is 3.27. The van der Waals surface area contributed by atoms with Crippen molar-refractivity contribution < 1.29 is 14.0 Å². The van der Waals surface area contributed by atoms with Gasteiger partial charge in [0.2, 0.25) is 0 Å². The number of urea groups is 1. The number of piperidine rings is 1. The summed E-state index contributed by atoms with van der Waals surface area (Å²) in [5, 5.41) is 2.92. The number of nitrogens with zero attached hydrogens (tertiary/aromatic N) is 3. The summed E-state index contributed by atoms with van der Waals surface area (Å²) < 4.78 is 13.0. The van der Waals surface area contributed by atoms with Crippen LogP contribution in [0.5, 0.6) is 0 Å². The van der Waals surface area contributed by atoms with Crippen molar-refractivity contribution >= 4 is 11.8 Å². The van der Waals surface area contributed by atoms with Crippen LogP contribution in [-0.4, -0.2) is 59.8 Å². The number of benzene rings is 1. The molecule has 0 atom stereocenters. The quantitative estimate of drug-likeness (QED) is 0.709. The van der Waals surface area contributed by atoms with Gasteiger partial charge in [-0.25, -0.2) is 9.18 Å². The second kappa shape index (κ2) is 10.3. The molecule has 30 heavy (non-hydrogen) atoms. The van der Waals surface area contributed by atoms with Gasteiger partial charge in [-0.05, 0) is 75.2 Å². The average Bonchev–Trinajstić information content (AvgIpc) is 2.74. The summed E-state index contributed by atoms with van der Waals surface area (Å²) >= 11 is 0. The van der Waals surface area contributed by atoms with Crippen molar-refractivity contribution in [2.24, 2.45) is 5.92 Å². The topological polar surface area (TPSA) is 65.5 Å². The Morgan fingerprint density at radius 3 is 2.53 bits per heavy atom. The Bertz CT molecular complexity index is 864. The summed E-state index contributed by atoms with van der Waals surface area (Å²) in [6.07, 6.45) is 1.88. The van der Waals surface area contributed by atoms with E-state index in [1.54, 1.807) is 4.90 Å². The Labute approximate surface area is 177 Å². The fraction of sp³-hybridized carbons (Fsp3) is 0.435. The molecule has 0 saturated carbocycles. The van der Waals surface area contributed by atoms with Gasteiger partial charge >= 0.3 is 6.03 Å². The molecule has 2 amide bonds. The Morgan fingerprint density at radius 2 is 1.87 bits per heavy atom. The van der Waals surface area contributed by atoms with E-state index in [0.717, 1.165) is 37.3 Å². The number of amides is 2. The Hall–Kier alpha value is -2.80. The number of ketones is 1. The minimum absolute atomic E-state index is 0.00899. The van der Waals surface area contributed by atoms with Crippen LogP contribution < -0.4 is 5.32 Å². The van der Waals surface area contributed by atoms with Crippen LogP contribution >= 0.6 is 0 Å². The molecular weight excluding hydrogens is 383 g/mol. The molecule has 1 saturated heterocycles. The molecule has 3 rings (SSSR count). The minimum Gasteiger partial charge on any atom is -0.332 e. The molecule has 1 aromatic heterocycles. The fourth-order valence-corrected chi connectivity index (χ4v) is 3.73. The van der Waals surface area contributed by atoms with Gasteiger partial charge in [0.05, 0.1) is 18.8 Å². The number of pyridine rings is 1. The van der Waals surface area contributed by atoms with E-state index in [9.17, 15) is 14.0 Å². The van der Waals surface area contributed by atoms with Gasteiger partial charge in [0.25, 0.3) is 0 Å². The standard InChI is InChI=1S/C23H29FN4O2/c1-17-4-3-5-21(26-17)14-25-23(30)27(2)15-18-10-12-28(13-11-18)16-22(29)19-6-8-20(24)9-7-19/h3-9,18H,10-16H2,1-2H3,(H,25,30). The summed E-state index contributed by atoms with van der Waals surface area (Å²) in [5.74, 6) is 0.0837. The molecule has 1 aliphatic rings. The van der Waals surface area contributed by atoms with E-state index in [0.29, 0.717) is 31.1 Å². The van der Waals surface area contributed by atoms with E-state index in [1.165, 1.54) is 24.3 Å². The maximum atomic E-state index is 13.0. The van der Waals surface area contributed by atoms with Gasteiger partial charge in [0.15, 0.2) is 5.78 Å². The molecule has 1 aromatic carbocycles. The van der Waals surface area contributed by atoms with Gasteiger partial charge in [-0.15, -0.1) is 0 Å². The van der Waals surface area contributed by atoms with Crippen molar-refractivity contribution in [1.82, 2.24) is 20.1 Å². The molecule has 0 aliphatic carbocycles. The SMILES string of the molecule is Cc1cccc(CNC(=O)N(C)CC2CCN(CC(=O)c3ccc(F)cc3)CC2)n1. The zero-order valence-electron chi connectivity index (χ0n) is 17.6. The van der Waals surface area contributed by atoms with Crippen LogP contribution in [0.15, 0.2) is 42.5 Å². The van der Waals surface area contributed by atoms with Crippen molar-refractivity contribution in [3.05, 3.63) is 65.2 Å². The van der Waals surface area contributed by atoms with Crippen LogP contribution in [0.3, 0.4) is 0 Å². The lowest BCUT2D eigenvalue weighted by Crippen LogP contribution is -2.43. The third-order valence-electron chi connectivity index (χ3n) is 5.49. The van der Waals surface area contributed by atoms with Crippen LogP contribution in [0.1, 0.15) is 34.6 Å². The number of carbonyl (C=O) groups excluding carboxylic acids is 2. The minimum atomic E-state index is -0.337. The highest BCUT2D eigenvalue weighted by Crippen LogP contribution is 2.18. The molecule has 2 heterocycles. The van der Waals surface area contributed by atoms with Crippen LogP contribution in [0.25, 0.3) is 0 Å². The predicted molar refractivity (Wildman–Crippen MR) is 114 cm³/mol. The fourth-order valence-electron chi connectivity index (χ4n) is 3.73. The molecule has 1 fully saturated rings. The summed E-state index contributed by atoms with van der Waals surface area (Å²) in [6.45, 7) is 5.01. The second-order valence-electron chi connectivity index (χ2n) is 7.96. The molecule has 6 nitrogen and oxygen atoms in total. The Morgan fingerprint density at radius 1 is 1.17 bits per heavy atom. The lowest BCUT2D eigenvalue weighted by atomic mass is 9.96. The monoisotopic (exact) mass is 412 g/mol. The maximum Gasteiger partial charge on any atom is 0.317 e. The van der Waals surface area contributed by atoms with Crippen molar-refractivity contribution in [3.63, 3.8) is 0 Å². The van der Waals surface area contributed by atoms with E-state index in [4.69, 9.17) is 0 Å². The summed E-state index contributed by atoms with van der Waals surface area (Å²) in [7, 11) is 1.81. The van der Waals surface area contributed by atoms with Gasteiger partial charge in [0, 0.05) is 24.8 Å². The maximum absolute atomic E-state index is 13.0. The van der Waals surface area contributed by atoms with Crippen molar-refractivity contribution in [3.8, 4) is 0 Å². The Balaban J connectivity index is 1.38. The zero-order valence-corrected chi connectivity index (χ0v) is 17.6. The number of Topliss-reactive ketones (excluding diaryl/α,β-unsaturated/α-hetero) is 1. The zero-order chi connectivity index (χ0) is 21.5. The molecule has 1 aliphatic heterocycles. The molecule has 0 spiro atoms. The Kier molecular flexibility index (Phi) is 7.52. The molecule has 7 heteroatoms. The lowest BCUT2D eigenvalue weighted by molar-refractivity contribution is 0.0886. The first-order valence-corrected chi connectivity index (χ1v) is 10.3. The molecule has 1 N–H and O–H groups in total. The highest BCUT2D eigenvalue weighted by atomic mass is 19.1. The summed E-state index contributed by atoms with van der Waals surface area (Å²) in [5.41, 5.74) is 2.31. The number of nitrogens with one attached hydrogen (secondary N) is 1. The lowest BCUT2D eigenvalue weighted by Gasteiger charge is -2.33. The third-order valence-corrected chi connectivity index (χ3v) is 5.49. The number of likely N-dealkylation sites (tertiary alicyclic amines) is 1. The highest BCUT2D eigenvalue weighted by Gasteiger charge is 2.23. The summed E-state index contributed by atoms with van der Waals surface area (Å²) in [4.78, 5) is 33.0. The van der Waals surface area contributed by atoms with Crippen molar-refractivity contribution in [1.29, 1.82) is 0 Å². The van der Waals surface area contributed by atoms with E-state index in [-0.39, 0.29) is 17.6 Å². The molecule has 0 bridgehead atoms. The van der Waals surface area contributed by atoms with Crippen molar-refractivity contribution in [2.75, 3.05) is 33.2 Å². The number of hydrogen-bond donors (Lipinski definition) is 1. The van der Waals surface area contributed by atoms with Gasteiger partial charge in [0.1, 0.15) is 5.82 Å². The van der Waals surface area contributed by atoms with Crippen LogP contribution in [0.4, 0.5) is 9.18 Å². The second-order valence-corrected chi connectivity index (χ2v) is 7.96. The van der Waals surface area contributed by atoms with Crippen LogP contribution in [0, 0.1) is 18.7 Å². The van der Waals surface area contributed by atoms with E-state index < -0.39 is 0 Å². The first-order chi connectivity index (χ1) is 14.4. The highest BCUT2D eigenvalue weighted by molar-refractivity contribution is 5.97. The van der Waals surface area contributed by atoms with Gasteiger partial charge < -0.3 is 10.2 Å². The molecule has 0 radical (unpaired) electrons. The number of aromatic nitrogens is 1. The van der Waals surface area contributed by atoms with Gasteiger partial charge in [-0.1, -0.05) is 6.07 Å². The first-order valence-electron chi connectivity index (χ1n) is 10.3. The first kappa shape index (κ1) is 21.9. The van der Waals surface area contributed by atoms with Gasteiger partial charge in [-0.2, -0.15) is 0 Å². The van der Waals surface area contributed by atoms with E-state index >= 15 is 0 Å². The number of rotatable bonds is 7. The normalized spacial score (nSPS) is 15.0. The number of halogens is 1. The van der Waals surface area contributed by atoms with Crippen molar-refractivity contribution in [2.45, 2.75) is 26.3 Å². The molecule has 0 unspecified atom stereocenters. The number of carbonyl (C=O) groups is 2. The average molecular weight is 413 g/mol. The molecule has 160 valence electrons. The van der Waals surface area contributed by atoms with Crippen LogP contribution in [-0.2, 0) is 6.54 Å². The third kappa shape index (κ3) is 6.35.